The highest BCUT2D eigenvalue weighted by atomic mass is 32.2. The molecule has 1 aromatic heterocycles. The fraction of sp³-hybridized carbons (Fsp3) is 0.0769. The van der Waals surface area contributed by atoms with Gasteiger partial charge in [-0.1, -0.05) is 0 Å². The molecule has 3 rings (SSSR count). The van der Waals surface area contributed by atoms with Crippen LogP contribution in [-0.4, -0.2) is 33.2 Å². The number of thioether (sulfide) groups is 1. The number of hydrogen-bond donors (Lipinski definition) is 2. The van der Waals surface area contributed by atoms with E-state index >= 15 is 0 Å². The maximum absolute atomic E-state index is 12.9. The third-order valence-electron chi connectivity index (χ3n) is 2.73. The second kappa shape index (κ2) is 5.88. The van der Waals surface area contributed by atoms with Crippen molar-refractivity contribution in [3.05, 3.63) is 41.8 Å². The minimum absolute atomic E-state index is 0.0111. The van der Waals surface area contributed by atoms with E-state index in [1.165, 1.54) is 12.1 Å². The lowest BCUT2D eigenvalue weighted by atomic mass is 10.1. The van der Waals surface area contributed by atoms with Crippen molar-refractivity contribution in [2.75, 3.05) is 6.54 Å². The highest BCUT2D eigenvalue weighted by Crippen LogP contribution is 2.20. The number of hydrogen-bond acceptors (Lipinski definition) is 6. The second-order valence-corrected chi connectivity index (χ2v) is 5.22. The van der Waals surface area contributed by atoms with Crippen LogP contribution in [0.25, 0.3) is 11.3 Å². The van der Waals surface area contributed by atoms with Crippen LogP contribution in [-0.2, 0) is 4.79 Å². The number of nitrogens with one attached hydrogen (secondary N) is 2. The molecule has 0 saturated carbocycles. The van der Waals surface area contributed by atoms with E-state index in [4.69, 9.17) is 0 Å². The van der Waals surface area contributed by atoms with Crippen LogP contribution in [0.5, 0.6) is 0 Å². The lowest BCUT2D eigenvalue weighted by Gasteiger charge is -2.00. The van der Waals surface area contributed by atoms with Crippen molar-refractivity contribution in [3.8, 4) is 11.3 Å². The Balaban J connectivity index is 1.73. The summed E-state index contributed by atoms with van der Waals surface area (Å²) in [7, 11) is 0. The zero-order valence-corrected chi connectivity index (χ0v) is 11.5. The topological polar surface area (TPSA) is 82.5 Å². The summed E-state index contributed by atoms with van der Waals surface area (Å²) >= 11 is 1.03. The standard InChI is InChI=1S/C13H10FN5OS/c14-10-3-1-8(2-4-10)12-9(5-16-18-12)6-17-19-13-15-7-11(20)21-13/h1-6H,7H2,(H,15,19)(H,16,18)/b17-6+. The molecule has 2 aromatic rings. The third kappa shape index (κ3) is 3.16. The molecule has 0 spiro atoms. The molecule has 0 fully saturated rings. The van der Waals surface area contributed by atoms with E-state index in [0.717, 1.165) is 28.6 Å². The number of hydrazone groups is 1. The van der Waals surface area contributed by atoms with Gasteiger partial charge in [-0.2, -0.15) is 10.2 Å². The van der Waals surface area contributed by atoms with Crippen LogP contribution in [0.3, 0.4) is 0 Å². The fourth-order valence-electron chi connectivity index (χ4n) is 1.77. The van der Waals surface area contributed by atoms with Gasteiger partial charge in [0.25, 0.3) is 0 Å². The largest absolute Gasteiger partial charge is 0.285 e. The highest BCUT2D eigenvalue weighted by Gasteiger charge is 2.14. The zero-order valence-electron chi connectivity index (χ0n) is 10.7. The average molecular weight is 303 g/mol. The SMILES string of the molecule is O=C1CN=C(N/N=C/c2cn[nH]c2-c2ccc(F)cc2)S1. The zero-order chi connectivity index (χ0) is 14.7. The van der Waals surface area contributed by atoms with E-state index in [9.17, 15) is 9.18 Å². The number of amidine groups is 1. The highest BCUT2D eigenvalue weighted by molar-refractivity contribution is 8.26. The van der Waals surface area contributed by atoms with Crippen molar-refractivity contribution in [1.29, 1.82) is 0 Å². The Morgan fingerprint density at radius 2 is 2.19 bits per heavy atom. The lowest BCUT2D eigenvalue weighted by Crippen LogP contribution is -2.11. The Morgan fingerprint density at radius 3 is 2.90 bits per heavy atom. The molecule has 0 radical (unpaired) electrons. The van der Waals surface area contributed by atoms with Gasteiger partial charge < -0.3 is 0 Å². The first kappa shape index (κ1) is 13.5. The molecule has 6 nitrogen and oxygen atoms in total. The van der Waals surface area contributed by atoms with E-state index < -0.39 is 0 Å². The van der Waals surface area contributed by atoms with Crippen LogP contribution >= 0.6 is 11.8 Å². The molecule has 0 bridgehead atoms. The van der Waals surface area contributed by atoms with E-state index in [1.807, 2.05) is 0 Å². The van der Waals surface area contributed by atoms with Crippen LogP contribution in [0.1, 0.15) is 5.56 Å². The normalized spacial score (nSPS) is 14.7. The summed E-state index contributed by atoms with van der Waals surface area (Å²) < 4.78 is 12.9. The predicted octanol–water partition coefficient (Wildman–Crippen LogP) is 1.77. The van der Waals surface area contributed by atoms with Gasteiger partial charge in [0.1, 0.15) is 12.4 Å². The summed E-state index contributed by atoms with van der Waals surface area (Å²) in [6.45, 7) is 0.176. The molecular weight excluding hydrogens is 293 g/mol. The van der Waals surface area contributed by atoms with Crippen molar-refractivity contribution in [1.82, 2.24) is 15.6 Å². The molecule has 1 aliphatic heterocycles. The minimum atomic E-state index is -0.295. The number of carbonyl (C=O) groups is 1. The summed E-state index contributed by atoms with van der Waals surface area (Å²) in [4.78, 5) is 15.0. The van der Waals surface area contributed by atoms with Gasteiger partial charge in [0.2, 0.25) is 5.12 Å². The molecule has 106 valence electrons. The maximum atomic E-state index is 12.9. The Morgan fingerprint density at radius 1 is 1.38 bits per heavy atom. The summed E-state index contributed by atoms with van der Waals surface area (Å²) in [6, 6.07) is 6.07. The Labute approximate surface area is 123 Å². The van der Waals surface area contributed by atoms with Crippen molar-refractivity contribution < 1.29 is 9.18 Å². The Hall–Kier alpha value is -2.48. The molecule has 1 aromatic carbocycles. The molecule has 0 atom stereocenters. The maximum Gasteiger partial charge on any atom is 0.218 e. The molecule has 0 saturated heterocycles. The number of benzene rings is 1. The summed E-state index contributed by atoms with van der Waals surface area (Å²) in [5.41, 5.74) is 4.98. The first-order valence-corrected chi connectivity index (χ1v) is 6.87. The molecule has 2 N–H and O–H groups in total. The Kier molecular flexibility index (Phi) is 3.78. The molecule has 0 amide bonds. The third-order valence-corrected chi connectivity index (χ3v) is 3.50. The summed E-state index contributed by atoms with van der Waals surface area (Å²) in [5.74, 6) is -0.295. The number of halogens is 1. The van der Waals surface area contributed by atoms with Gasteiger partial charge in [0, 0.05) is 11.1 Å². The van der Waals surface area contributed by atoms with Gasteiger partial charge in [-0.15, -0.1) is 0 Å². The fourth-order valence-corrected chi connectivity index (χ4v) is 2.34. The first-order chi connectivity index (χ1) is 10.2. The van der Waals surface area contributed by atoms with E-state index in [1.54, 1.807) is 24.5 Å². The molecule has 21 heavy (non-hydrogen) atoms. The van der Waals surface area contributed by atoms with Crippen LogP contribution in [0.15, 0.2) is 40.6 Å². The van der Waals surface area contributed by atoms with Crippen LogP contribution < -0.4 is 5.43 Å². The number of carbonyl (C=O) groups excluding carboxylic acids is 1. The van der Waals surface area contributed by atoms with Gasteiger partial charge in [-0.3, -0.25) is 20.3 Å². The monoisotopic (exact) mass is 303 g/mol. The number of rotatable bonds is 3. The van der Waals surface area contributed by atoms with Crippen molar-refractivity contribution >= 4 is 28.3 Å². The number of nitrogens with zero attached hydrogens (tertiary/aromatic N) is 3. The van der Waals surface area contributed by atoms with Crippen molar-refractivity contribution in [2.24, 2.45) is 10.1 Å². The molecule has 1 aliphatic rings. The molecule has 0 unspecified atom stereocenters. The number of aromatic amines is 1. The van der Waals surface area contributed by atoms with Gasteiger partial charge >= 0.3 is 0 Å². The van der Waals surface area contributed by atoms with Gasteiger partial charge in [-0.05, 0) is 36.0 Å². The predicted molar refractivity (Wildman–Crippen MR) is 79.6 cm³/mol. The molecule has 0 aliphatic carbocycles. The van der Waals surface area contributed by atoms with E-state index in [-0.39, 0.29) is 17.5 Å². The molecule has 2 heterocycles. The minimum Gasteiger partial charge on any atom is -0.285 e. The molecular formula is C13H10FN5OS. The first-order valence-electron chi connectivity index (χ1n) is 6.06. The van der Waals surface area contributed by atoms with Crippen LogP contribution in [0.2, 0.25) is 0 Å². The number of aliphatic imine (C=N–C) groups is 1. The van der Waals surface area contributed by atoms with Gasteiger partial charge in [0.05, 0.1) is 18.1 Å². The quantitative estimate of drug-likeness (QED) is 0.669. The number of aromatic nitrogens is 2. The van der Waals surface area contributed by atoms with Crippen LogP contribution in [0, 0.1) is 5.82 Å². The van der Waals surface area contributed by atoms with Crippen molar-refractivity contribution in [2.45, 2.75) is 0 Å². The van der Waals surface area contributed by atoms with E-state index in [2.05, 4.69) is 25.7 Å². The van der Waals surface area contributed by atoms with Gasteiger partial charge in [0.15, 0.2) is 5.17 Å². The Bertz CT molecular complexity index is 722. The van der Waals surface area contributed by atoms with Crippen molar-refractivity contribution in [3.63, 3.8) is 0 Å². The smallest absolute Gasteiger partial charge is 0.218 e. The van der Waals surface area contributed by atoms with Crippen LogP contribution in [0.4, 0.5) is 4.39 Å². The summed E-state index contributed by atoms with van der Waals surface area (Å²) in [6.07, 6.45) is 3.17. The lowest BCUT2D eigenvalue weighted by molar-refractivity contribution is -0.109. The second-order valence-electron chi connectivity index (χ2n) is 4.17. The molecule has 8 heteroatoms. The summed E-state index contributed by atoms with van der Waals surface area (Å²) in [5, 5.41) is 11.3. The average Bonchev–Trinajstić information content (AvgIpc) is 3.09. The number of H-pyrrole nitrogens is 1. The van der Waals surface area contributed by atoms with E-state index in [0.29, 0.717) is 5.17 Å². The van der Waals surface area contributed by atoms with Gasteiger partial charge in [-0.25, -0.2) is 4.39 Å².